The molecule has 0 unspecified atom stereocenters. The molecule has 1 nitrogen and oxygen atoms in total. The summed E-state index contributed by atoms with van der Waals surface area (Å²) in [7, 11) is 0. The van der Waals surface area contributed by atoms with Crippen molar-refractivity contribution in [2.75, 3.05) is 4.90 Å². The van der Waals surface area contributed by atoms with Gasteiger partial charge in [0.2, 0.25) is 0 Å². The molecule has 236 valence electrons. The predicted octanol–water partition coefficient (Wildman–Crippen LogP) is 14.2. The van der Waals surface area contributed by atoms with Crippen molar-refractivity contribution in [2.24, 2.45) is 0 Å². The van der Waals surface area contributed by atoms with Gasteiger partial charge >= 0.3 is 0 Å². The minimum Gasteiger partial charge on any atom is -0.309 e. The lowest BCUT2D eigenvalue weighted by Crippen LogP contribution is -2.13. The van der Waals surface area contributed by atoms with Gasteiger partial charge in [0.25, 0.3) is 0 Å². The SMILES string of the molecule is c1ccc(-c2ccc(N(c3ccc(-c4ccccc4)cc3)c3c(-c4ccccc4)cc4c(sc5ccccc54)c3-c3ccccc3)cc2)cc1. The van der Waals surface area contributed by atoms with E-state index >= 15 is 0 Å². The van der Waals surface area contributed by atoms with E-state index in [4.69, 9.17) is 0 Å². The Hall–Kier alpha value is -6.22. The molecule has 2 heteroatoms. The largest absolute Gasteiger partial charge is 0.309 e. The van der Waals surface area contributed by atoms with Gasteiger partial charge in [0.1, 0.15) is 0 Å². The molecule has 0 aliphatic carbocycles. The van der Waals surface area contributed by atoms with Crippen LogP contribution in [0.3, 0.4) is 0 Å². The second-order valence-corrected chi connectivity index (χ2v) is 13.6. The van der Waals surface area contributed by atoms with Crippen molar-refractivity contribution in [1.29, 1.82) is 0 Å². The van der Waals surface area contributed by atoms with Gasteiger partial charge in [0.05, 0.1) is 5.69 Å². The Balaban J connectivity index is 1.36. The van der Waals surface area contributed by atoms with E-state index in [1.54, 1.807) is 0 Å². The maximum atomic E-state index is 2.47. The summed E-state index contributed by atoms with van der Waals surface area (Å²) < 4.78 is 2.58. The van der Waals surface area contributed by atoms with E-state index < -0.39 is 0 Å². The van der Waals surface area contributed by atoms with Gasteiger partial charge < -0.3 is 4.90 Å². The first-order valence-corrected chi connectivity index (χ1v) is 17.8. The molecular weight excluding hydrogens is 623 g/mol. The summed E-state index contributed by atoms with van der Waals surface area (Å²) in [5.74, 6) is 0. The molecule has 9 rings (SSSR count). The minimum absolute atomic E-state index is 1.10. The molecular formula is C48H33NS. The first-order valence-electron chi connectivity index (χ1n) is 17.0. The van der Waals surface area contributed by atoms with Crippen LogP contribution < -0.4 is 4.90 Å². The number of anilines is 3. The lowest BCUT2D eigenvalue weighted by atomic mass is 9.91. The number of fused-ring (bicyclic) bond motifs is 3. The molecule has 0 aliphatic rings. The van der Waals surface area contributed by atoms with Crippen molar-refractivity contribution in [3.63, 3.8) is 0 Å². The van der Waals surface area contributed by atoms with E-state index in [0.717, 1.165) is 11.4 Å². The molecule has 50 heavy (non-hydrogen) atoms. The zero-order valence-electron chi connectivity index (χ0n) is 27.4. The van der Waals surface area contributed by atoms with Crippen LogP contribution in [0.15, 0.2) is 200 Å². The molecule has 0 atom stereocenters. The third-order valence-electron chi connectivity index (χ3n) is 9.48. The van der Waals surface area contributed by atoms with E-state index in [1.807, 2.05) is 11.3 Å². The summed E-state index contributed by atoms with van der Waals surface area (Å²) in [6.07, 6.45) is 0. The summed E-state index contributed by atoms with van der Waals surface area (Å²) in [6, 6.07) is 72.3. The van der Waals surface area contributed by atoms with Gasteiger partial charge in [-0.25, -0.2) is 0 Å². The van der Waals surface area contributed by atoms with Gasteiger partial charge in [-0.05, 0) is 69.8 Å². The summed E-state index contributed by atoms with van der Waals surface area (Å²) in [5.41, 5.74) is 13.0. The molecule has 0 aliphatic heterocycles. The fourth-order valence-electron chi connectivity index (χ4n) is 7.07. The molecule has 0 bridgehead atoms. The third kappa shape index (κ3) is 5.46. The summed E-state index contributed by atoms with van der Waals surface area (Å²) >= 11 is 1.88. The monoisotopic (exact) mass is 655 g/mol. The first kappa shape index (κ1) is 29.9. The van der Waals surface area contributed by atoms with Crippen LogP contribution in [0.1, 0.15) is 0 Å². The highest BCUT2D eigenvalue weighted by Gasteiger charge is 2.26. The predicted molar refractivity (Wildman–Crippen MR) is 216 cm³/mol. The maximum Gasteiger partial charge on any atom is 0.0633 e. The molecule has 8 aromatic carbocycles. The normalized spacial score (nSPS) is 11.2. The average molecular weight is 656 g/mol. The molecule has 0 fully saturated rings. The maximum absolute atomic E-state index is 2.47. The number of nitrogens with zero attached hydrogens (tertiary/aromatic N) is 1. The van der Waals surface area contributed by atoms with Crippen molar-refractivity contribution in [2.45, 2.75) is 0 Å². The number of hydrogen-bond donors (Lipinski definition) is 0. The Kier molecular flexibility index (Phi) is 7.77. The van der Waals surface area contributed by atoms with Crippen molar-refractivity contribution in [3.8, 4) is 44.5 Å². The van der Waals surface area contributed by atoms with Gasteiger partial charge in [-0.15, -0.1) is 11.3 Å². The van der Waals surface area contributed by atoms with Crippen LogP contribution in [0, 0.1) is 0 Å². The highest BCUT2D eigenvalue weighted by molar-refractivity contribution is 7.26. The van der Waals surface area contributed by atoms with Crippen molar-refractivity contribution >= 4 is 48.6 Å². The van der Waals surface area contributed by atoms with Crippen molar-refractivity contribution in [3.05, 3.63) is 200 Å². The van der Waals surface area contributed by atoms with Gasteiger partial charge in [-0.3, -0.25) is 0 Å². The van der Waals surface area contributed by atoms with Crippen molar-refractivity contribution in [1.82, 2.24) is 0 Å². The molecule has 1 aromatic heterocycles. The topological polar surface area (TPSA) is 3.24 Å². The van der Waals surface area contributed by atoms with E-state index in [0.29, 0.717) is 0 Å². The van der Waals surface area contributed by atoms with Crippen LogP contribution in [0.4, 0.5) is 17.1 Å². The number of rotatable bonds is 7. The van der Waals surface area contributed by atoms with E-state index in [1.165, 1.54) is 70.4 Å². The van der Waals surface area contributed by atoms with Crippen LogP contribution in [0.5, 0.6) is 0 Å². The van der Waals surface area contributed by atoms with Gasteiger partial charge in [-0.1, -0.05) is 164 Å². The van der Waals surface area contributed by atoms with Crippen LogP contribution in [-0.4, -0.2) is 0 Å². The average Bonchev–Trinajstić information content (AvgIpc) is 3.58. The summed E-state index contributed by atoms with van der Waals surface area (Å²) in [4.78, 5) is 2.47. The highest BCUT2D eigenvalue weighted by Crippen LogP contribution is 2.53. The van der Waals surface area contributed by atoms with E-state index in [2.05, 4.69) is 205 Å². The highest BCUT2D eigenvalue weighted by atomic mass is 32.1. The summed E-state index contributed by atoms with van der Waals surface area (Å²) in [5, 5.41) is 2.57. The van der Waals surface area contributed by atoms with Crippen LogP contribution >= 0.6 is 11.3 Å². The Morgan fingerprint density at radius 1 is 0.340 bits per heavy atom. The molecule has 0 N–H and O–H groups in total. The minimum atomic E-state index is 1.10. The van der Waals surface area contributed by atoms with Gasteiger partial charge in [-0.2, -0.15) is 0 Å². The van der Waals surface area contributed by atoms with Gasteiger partial charge in [0, 0.05) is 42.7 Å². The number of benzene rings is 8. The second-order valence-electron chi connectivity index (χ2n) is 12.5. The number of hydrogen-bond acceptors (Lipinski definition) is 2. The molecule has 0 spiro atoms. The standard InChI is InChI=1S/C48H33NS/c1-5-15-34(16-6-1)36-25-29-40(30-26-36)49(41-31-27-37(28-32-41)35-17-7-2-8-18-35)47-43(38-19-9-3-10-20-38)33-44-42-23-13-14-24-45(42)50-48(44)46(47)39-21-11-4-12-22-39/h1-33H. The second kappa shape index (κ2) is 13.0. The molecule has 9 aromatic rings. The molecule has 0 saturated carbocycles. The summed E-state index contributed by atoms with van der Waals surface area (Å²) in [6.45, 7) is 0. The lowest BCUT2D eigenvalue weighted by Gasteiger charge is -2.31. The zero-order chi connectivity index (χ0) is 33.3. The van der Waals surface area contributed by atoms with E-state index in [9.17, 15) is 0 Å². The van der Waals surface area contributed by atoms with Crippen LogP contribution in [-0.2, 0) is 0 Å². The molecule has 0 amide bonds. The fourth-order valence-corrected chi connectivity index (χ4v) is 8.32. The smallest absolute Gasteiger partial charge is 0.0633 e. The molecule has 1 heterocycles. The van der Waals surface area contributed by atoms with E-state index in [-0.39, 0.29) is 0 Å². The lowest BCUT2D eigenvalue weighted by molar-refractivity contribution is 1.29. The Morgan fingerprint density at radius 3 is 1.28 bits per heavy atom. The Bertz CT molecular complexity index is 2450. The molecule has 0 radical (unpaired) electrons. The quantitative estimate of drug-likeness (QED) is 0.165. The third-order valence-corrected chi connectivity index (χ3v) is 10.7. The van der Waals surface area contributed by atoms with Crippen molar-refractivity contribution < 1.29 is 0 Å². The first-order chi connectivity index (χ1) is 24.8. The Labute approximate surface area is 297 Å². The van der Waals surface area contributed by atoms with Gasteiger partial charge in [0.15, 0.2) is 0 Å². The molecule has 0 saturated heterocycles. The van der Waals surface area contributed by atoms with Crippen LogP contribution in [0.2, 0.25) is 0 Å². The number of thiophene rings is 1. The Morgan fingerprint density at radius 2 is 0.760 bits per heavy atom. The van der Waals surface area contributed by atoms with Crippen LogP contribution in [0.25, 0.3) is 64.7 Å². The fraction of sp³-hybridized carbons (Fsp3) is 0. The zero-order valence-corrected chi connectivity index (χ0v) is 28.2.